The number of hydrogen-bond acceptors (Lipinski definition) is 3. The molecule has 0 bridgehead atoms. The Morgan fingerprint density at radius 1 is 1.27 bits per heavy atom. The highest BCUT2D eigenvalue weighted by Gasteiger charge is 2.19. The third-order valence-corrected chi connectivity index (χ3v) is 4.99. The highest BCUT2D eigenvalue weighted by Crippen LogP contribution is 2.23. The van der Waals surface area contributed by atoms with Gasteiger partial charge in [0, 0.05) is 30.8 Å². The van der Waals surface area contributed by atoms with Gasteiger partial charge in [0.25, 0.3) is 0 Å². The standard InChI is InChI=1S/C20H27FN4O/c1-2-24(15-19(26)25-10-5-3-4-6-11-25)14-17-13-22-23-20(17)16-8-7-9-18(21)12-16/h7-9,12-13H,2-6,10-11,14-15H2,1H3,(H,22,23). The first-order valence-electron chi connectivity index (χ1n) is 9.45. The number of likely N-dealkylation sites (tertiary alicyclic amines) is 1. The molecule has 1 aliphatic rings. The Bertz CT molecular complexity index is 722. The van der Waals surface area contributed by atoms with Crippen molar-refractivity contribution in [2.45, 2.75) is 39.2 Å². The second kappa shape index (κ2) is 8.94. The maximum absolute atomic E-state index is 13.5. The van der Waals surface area contributed by atoms with Crippen molar-refractivity contribution in [3.63, 3.8) is 0 Å². The summed E-state index contributed by atoms with van der Waals surface area (Å²) < 4.78 is 13.5. The summed E-state index contributed by atoms with van der Waals surface area (Å²) in [4.78, 5) is 16.8. The number of carbonyl (C=O) groups excluding carboxylic acids is 1. The summed E-state index contributed by atoms with van der Waals surface area (Å²) in [6, 6.07) is 6.47. The van der Waals surface area contributed by atoms with E-state index in [1.807, 2.05) is 11.0 Å². The number of H-pyrrole nitrogens is 1. The van der Waals surface area contributed by atoms with Crippen LogP contribution in [0, 0.1) is 5.82 Å². The summed E-state index contributed by atoms with van der Waals surface area (Å²) in [5, 5.41) is 7.09. The van der Waals surface area contributed by atoms with Crippen LogP contribution in [0.4, 0.5) is 4.39 Å². The van der Waals surface area contributed by atoms with Gasteiger partial charge in [0.2, 0.25) is 5.91 Å². The van der Waals surface area contributed by atoms with Crippen LogP contribution >= 0.6 is 0 Å². The van der Waals surface area contributed by atoms with Gasteiger partial charge in [-0.05, 0) is 31.5 Å². The van der Waals surface area contributed by atoms with E-state index in [9.17, 15) is 9.18 Å². The number of hydrogen-bond donors (Lipinski definition) is 1. The van der Waals surface area contributed by atoms with Gasteiger partial charge in [0.1, 0.15) is 5.82 Å². The average molecular weight is 358 g/mol. The van der Waals surface area contributed by atoms with Gasteiger partial charge in [0.05, 0.1) is 18.4 Å². The zero-order valence-corrected chi connectivity index (χ0v) is 15.4. The van der Waals surface area contributed by atoms with Crippen molar-refractivity contribution < 1.29 is 9.18 Å². The molecule has 1 fully saturated rings. The molecule has 1 aromatic carbocycles. The Balaban J connectivity index is 1.67. The Hall–Kier alpha value is -2.21. The molecule has 5 nitrogen and oxygen atoms in total. The van der Waals surface area contributed by atoms with Gasteiger partial charge in [-0.3, -0.25) is 14.8 Å². The topological polar surface area (TPSA) is 52.2 Å². The lowest BCUT2D eigenvalue weighted by Crippen LogP contribution is -2.40. The van der Waals surface area contributed by atoms with Crippen molar-refractivity contribution in [1.82, 2.24) is 20.0 Å². The Morgan fingerprint density at radius 3 is 2.73 bits per heavy atom. The summed E-state index contributed by atoms with van der Waals surface area (Å²) in [6.07, 6.45) is 6.40. The number of nitrogens with zero attached hydrogens (tertiary/aromatic N) is 3. The first-order valence-corrected chi connectivity index (χ1v) is 9.45. The van der Waals surface area contributed by atoms with Gasteiger partial charge < -0.3 is 4.90 Å². The number of aromatic nitrogens is 2. The van der Waals surface area contributed by atoms with Gasteiger partial charge in [-0.2, -0.15) is 5.10 Å². The molecular formula is C20H27FN4O. The molecule has 2 aromatic rings. The predicted octanol–water partition coefficient (Wildman–Crippen LogP) is 3.44. The maximum Gasteiger partial charge on any atom is 0.236 e. The molecule has 3 rings (SSSR count). The molecule has 0 spiro atoms. The number of aromatic amines is 1. The van der Waals surface area contributed by atoms with E-state index in [0.717, 1.165) is 49.3 Å². The molecule has 1 aliphatic heterocycles. The number of rotatable bonds is 6. The van der Waals surface area contributed by atoms with Gasteiger partial charge in [-0.15, -0.1) is 0 Å². The minimum absolute atomic E-state index is 0.199. The first kappa shape index (κ1) is 18.6. The fourth-order valence-corrected chi connectivity index (χ4v) is 3.46. The average Bonchev–Trinajstić information content (AvgIpc) is 2.92. The summed E-state index contributed by atoms with van der Waals surface area (Å²) in [7, 11) is 0. The van der Waals surface area contributed by atoms with Crippen LogP contribution in [0.2, 0.25) is 0 Å². The zero-order valence-electron chi connectivity index (χ0n) is 15.4. The number of likely N-dealkylation sites (N-methyl/N-ethyl adjacent to an activating group) is 1. The van der Waals surface area contributed by atoms with E-state index in [2.05, 4.69) is 22.0 Å². The Morgan fingerprint density at radius 2 is 2.04 bits per heavy atom. The SMILES string of the molecule is CCN(CC(=O)N1CCCCCC1)Cc1cn[nH]c1-c1cccc(F)c1. The van der Waals surface area contributed by atoms with Crippen molar-refractivity contribution in [2.24, 2.45) is 0 Å². The second-order valence-electron chi connectivity index (χ2n) is 6.88. The van der Waals surface area contributed by atoms with Crippen LogP contribution in [-0.4, -0.2) is 52.1 Å². The number of benzene rings is 1. The van der Waals surface area contributed by atoms with Crippen molar-refractivity contribution in [3.8, 4) is 11.3 Å². The van der Waals surface area contributed by atoms with Crippen LogP contribution in [0.15, 0.2) is 30.5 Å². The Kier molecular flexibility index (Phi) is 6.39. The molecule has 1 saturated heterocycles. The molecule has 0 aliphatic carbocycles. The van der Waals surface area contributed by atoms with E-state index in [0.29, 0.717) is 13.1 Å². The molecule has 140 valence electrons. The first-order chi connectivity index (χ1) is 12.7. The number of amides is 1. The minimum Gasteiger partial charge on any atom is -0.342 e. The highest BCUT2D eigenvalue weighted by molar-refractivity contribution is 5.78. The molecular weight excluding hydrogens is 331 g/mol. The maximum atomic E-state index is 13.5. The summed E-state index contributed by atoms with van der Waals surface area (Å²) in [5.41, 5.74) is 2.55. The highest BCUT2D eigenvalue weighted by atomic mass is 19.1. The van der Waals surface area contributed by atoms with Gasteiger partial charge in [-0.1, -0.05) is 31.9 Å². The van der Waals surface area contributed by atoms with Crippen molar-refractivity contribution in [3.05, 3.63) is 41.8 Å². The molecule has 0 unspecified atom stereocenters. The monoisotopic (exact) mass is 358 g/mol. The molecule has 1 N–H and O–H groups in total. The smallest absolute Gasteiger partial charge is 0.236 e. The fraction of sp³-hybridized carbons (Fsp3) is 0.500. The molecule has 0 atom stereocenters. The minimum atomic E-state index is -0.272. The second-order valence-corrected chi connectivity index (χ2v) is 6.88. The van der Waals surface area contributed by atoms with Crippen LogP contribution in [0.25, 0.3) is 11.3 Å². The van der Waals surface area contributed by atoms with E-state index in [-0.39, 0.29) is 11.7 Å². The van der Waals surface area contributed by atoms with E-state index < -0.39 is 0 Å². The molecule has 0 saturated carbocycles. The number of carbonyl (C=O) groups is 1. The van der Waals surface area contributed by atoms with Crippen molar-refractivity contribution >= 4 is 5.91 Å². The lowest BCUT2D eigenvalue weighted by molar-refractivity contribution is -0.132. The van der Waals surface area contributed by atoms with E-state index in [1.165, 1.54) is 25.0 Å². The van der Waals surface area contributed by atoms with Crippen molar-refractivity contribution in [1.29, 1.82) is 0 Å². The third-order valence-electron chi connectivity index (χ3n) is 4.99. The molecule has 2 heterocycles. The van der Waals surface area contributed by atoms with Gasteiger partial charge in [-0.25, -0.2) is 4.39 Å². The third kappa shape index (κ3) is 4.69. The molecule has 1 amide bonds. The van der Waals surface area contributed by atoms with Crippen LogP contribution in [0.3, 0.4) is 0 Å². The van der Waals surface area contributed by atoms with Crippen molar-refractivity contribution in [2.75, 3.05) is 26.2 Å². The number of nitrogens with one attached hydrogen (secondary N) is 1. The van der Waals surface area contributed by atoms with E-state index in [4.69, 9.17) is 0 Å². The summed E-state index contributed by atoms with van der Waals surface area (Å²) >= 11 is 0. The molecule has 6 heteroatoms. The quantitative estimate of drug-likeness (QED) is 0.861. The largest absolute Gasteiger partial charge is 0.342 e. The van der Waals surface area contributed by atoms with Crippen LogP contribution in [-0.2, 0) is 11.3 Å². The molecule has 1 aromatic heterocycles. The normalized spacial score (nSPS) is 15.3. The van der Waals surface area contributed by atoms with E-state index in [1.54, 1.807) is 12.3 Å². The van der Waals surface area contributed by atoms with Gasteiger partial charge >= 0.3 is 0 Å². The van der Waals surface area contributed by atoms with Crippen LogP contribution < -0.4 is 0 Å². The summed E-state index contributed by atoms with van der Waals surface area (Å²) in [5.74, 6) is -0.0729. The molecule has 26 heavy (non-hydrogen) atoms. The fourth-order valence-electron chi connectivity index (χ4n) is 3.46. The zero-order chi connectivity index (χ0) is 18.4. The van der Waals surface area contributed by atoms with Crippen LogP contribution in [0.1, 0.15) is 38.2 Å². The number of halogens is 1. The van der Waals surface area contributed by atoms with Crippen LogP contribution in [0.5, 0.6) is 0 Å². The predicted molar refractivity (Wildman–Crippen MR) is 100.0 cm³/mol. The lowest BCUT2D eigenvalue weighted by Gasteiger charge is -2.25. The molecule has 0 radical (unpaired) electrons. The Labute approximate surface area is 154 Å². The van der Waals surface area contributed by atoms with E-state index >= 15 is 0 Å². The van der Waals surface area contributed by atoms with Gasteiger partial charge in [0.15, 0.2) is 0 Å². The lowest BCUT2D eigenvalue weighted by atomic mass is 10.1. The summed E-state index contributed by atoms with van der Waals surface area (Å²) in [6.45, 7) is 5.58.